The van der Waals surface area contributed by atoms with Crippen LogP contribution >= 0.6 is 8.03 Å². The quantitative estimate of drug-likeness (QED) is 0.482. The van der Waals surface area contributed by atoms with Crippen LogP contribution in [-0.4, -0.2) is 35.1 Å². The summed E-state index contributed by atoms with van der Waals surface area (Å²) < 4.78 is 17.8. The molecule has 3 unspecified atom stereocenters. The van der Waals surface area contributed by atoms with Gasteiger partial charge in [-0.3, -0.25) is 4.79 Å². The number of carboxylic acids is 1. The first-order chi connectivity index (χ1) is 13.3. The van der Waals surface area contributed by atoms with Crippen LogP contribution in [0.2, 0.25) is 0 Å². The lowest BCUT2D eigenvalue weighted by molar-refractivity contribution is -0.138. The average molecular weight is 409 g/mol. The van der Waals surface area contributed by atoms with Gasteiger partial charge in [0.2, 0.25) is 6.16 Å². The Morgan fingerprint density at radius 3 is 2.61 bits per heavy atom. The van der Waals surface area contributed by atoms with E-state index >= 15 is 0 Å². The first-order valence-corrected chi connectivity index (χ1v) is 11.8. The minimum atomic E-state index is -2.08. The lowest BCUT2D eigenvalue weighted by atomic mass is 9.82. The molecule has 0 amide bonds. The van der Waals surface area contributed by atoms with Crippen LogP contribution in [0.3, 0.4) is 0 Å². The van der Waals surface area contributed by atoms with Gasteiger partial charge in [-0.1, -0.05) is 55.9 Å². The third-order valence-electron chi connectivity index (χ3n) is 5.70. The largest absolute Gasteiger partial charge is 0.510 e. The molecule has 0 radical (unpaired) electrons. The molecular formula is C22H34O5P+. The first-order valence-electron chi connectivity index (χ1n) is 10.4. The molecule has 0 aromatic heterocycles. The fourth-order valence-electron chi connectivity index (χ4n) is 4.19. The van der Waals surface area contributed by atoms with Crippen LogP contribution < -0.4 is 0 Å². The zero-order valence-electron chi connectivity index (χ0n) is 17.1. The molecule has 156 valence electrons. The number of benzene rings is 1. The first kappa shape index (κ1) is 23.0. The lowest BCUT2D eigenvalue weighted by Gasteiger charge is -2.24. The molecule has 0 aliphatic heterocycles. The second-order valence-corrected chi connectivity index (χ2v) is 9.49. The Morgan fingerprint density at radius 1 is 1.25 bits per heavy atom. The maximum atomic E-state index is 12.2. The van der Waals surface area contributed by atoms with Gasteiger partial charge in [0.05, 0.1) is 6.42 Å². The number of carbonyl (C=O) groups is 1. The van der Waals surface area contributed by atoms with Crippen LogP contribution in [0, 0.1) is 19.8 Å². The van der Waals surface area contributed by atoms with Gasteiger partial charge >= 0.3 is 14.0 Å². The van der Waals surface area contributed by atoms with Crippen molar-refractivity contribution in [2.24, 2.45) is 5.92 Å². The van der Waals surface area contributed by atoms with Gasteiger partial charge in [-0.05, 0) is 48.3 Å². The van der Waals surface area contributed by atoms with E-state index in [1.165, 1.54) is 48.8 Å². The summed E-state index contributed by atoms with van der Waals surface area (Å²) in [5, 5.41) is 18.4. The van der Waals surface area contributed by atoms with Crippen molar-refractivity contribution in [1.29, 1.82) is 0 Å². The van der Waals surface area contributed by atoms with Gasteiger partial charge in [0.25, 0.3) is 0 Å². The summed E-state index contributed by atoms with van der Waals surface area (Å²) in [6.45, 7) is 4.52. The molecule has 28 heavy (non-hydrogen) atoms. The van der Waals surface area contributed by atoms with Crippen LogP contribution in [0.5, 0.6) is 0 Å². The molecule has 1 aromatic carbocycles. The van der Waals surface area contributed by atoms with Gasteiger partial charge in [0, 0.05) is 5.92 Å². The Labute approximate surface area is 169 Å². The molecule has 1 aromatic rings. The topological polar surface area (TPSA) is 83.8 Å². The Kier molecular flexibility index (Phi) is 9.57. The minimum absolute atomic E-state index is 0.135. The summed E-state index contributed by atoms with van der Waals surface area (Å²) in [5.41, 5.74) is 3.67. The van der Waals surface area contributed by atoms with Crippen LogP contribution in [0.25, 0.3) is 0 Å². The van der Waals surface area contributed by atoms with Crippen molar-refractivity contribution in [3.05, 3.63) is 34.9 Å². The number of hydrogen-bond donors (Lipinski definition) is 2. The van der Waals surface area contributed by atoms with E-state index in [2.05, 4.69) is 32.0 Å². The van der Waals surface area contributed by atoms with Crippen LogP contribution in [0.4, 0.5) is 0 Å². The van der Waals surface area contributed by atoms with Crippen LogP contribution in [0.1, 0.15) is 74.0 Å². The number of aliphatic hydroxyl groups is 1. The highest BCUT2D eigenvalue weighted by Crippen LogP contribution is 2.35. The Morgan fingerprint density at radius 2 is 1.96 bits per heavy atom. The van der Waals surface area contributed by atoms with Gasteiger partial charge in [0.15, 0.2) is 0 Å². The van der Waals surface area contributed by atoms with Crippen molar-refractivity contribution in [3.8, 4) is 0 Å². The van der Waals surface area contributed by atoms with Crippen molar-refractivity contribution in [3.63, 3.8) is 0 Å². The van der Waals surface area contributed by atoms with E-state index in [-0.39, 0.29) is 12.1 Å². The minimum Gasteiger partial charge on any atom is -0.481 e. The Balaban J connectivity index is 1.96. The molecule has 2 N–H and O–H groups in total. The number of carboxylic acid groups (broad SMARTS) is 1. The highest BCUT2D eigenvalue weighted by molar-refractivity contribution is 7.39. The summed E-state index contributed by atoms with van der Waals surface area (Å²) in [6.07, 6.45) is 7.06. The molecule has 6 heteroatoms. The highest BCUT2D eigenvalue weighted by Gasteiger charge is 2.28. The predicted octanol–water partition coefficient (Wildman–Crippen LogP) is 5.34. The van der Waals surface area contributed by atoms with E-state index in [0.717, 1.165) is 18.8 Å². The number of hydrogen-bond acceptors (Lipinski definition) is 4. The molecule has 1 aliphatic rings. The Bertz CT molecular complexity index is 654. The van der Waals surface area contributed by atoms with Gasteiger partial charge in [-0.2, -0.15) is 0 Å². The van der Waals surface area contributed by atoms with E-state index in [0.29, 0.717) is 6.61 Å². The third-order valence-corrected chi connectivity index (χ3v) is 6.86. The number of aryl methyl sites for hydroxylation is 2. The monoisotopic (exact) mass is 409 g/mol. The fourth-order valence-corrected chi connectivity index (χ4v) is 5.11. The normalized spacial score (nSPS) is 17.9. The van der Waals surface area contributed by atoms with Crippen molar-refractivity contribution < 1.29 is 24.1 Å². The van der Waals surface area contributed by atoms with E-state index in [1.54, 1.807) is 0 Å². The summed E-state index contributed by atoms with van der Waals surface area (Å²) in [4.78, 5) is 10.6. The predicted molar refractivity (Wildman–Crippen MR) is 111 cm³/mol. The third kappa shape index (κ3) is 7.98. The molecule has 5 nitrogen and oxygen atoms in total. The van der Waals surface area contributed by atoms with Crippen LogP contribution in [0.15, 0.2) is 18.2 Å². The van der Waals surface area contributed by atoms with Gasteiger partial charge in [-0.15, -0.1) is 4.52 Å². The zero-order valence-corrected chi connectivity index (χ0v) is 18.0. The van der Waals surface area contributed by atoms with Crippen molar-refractivity contribution in [1.82, 2.24) is 0 Å². The van der Waals surface area contributed by atoms with E-state index in [4.69, 9.17) is 9.63 Å². The van der Waals surface area contributed by atoms with Crippen LogP contribution in [-0.2, 0) is 13.9 Å². The molecule has 0 spiro atoms. The standard InChI is InChI=1S/C22H33O5P/c1-16-8-11-21(17(2)12-16)19(10-9-18-6-4-3-5-7-18)14-27-28(26)15-20(23)13-22(24)25/h8,11-12,18-20,23H,3-7,9-10,13-15H2,1-2H3/p+1. The Hall–Kier alpha value is -1.29. The summed E-state index contributed by atoms with van der Waals surface area (Å²) >= 11 is 0. The SMILES string of the molecule is Cc1ccc(C(CCC2CCCCC2)CO[P+](=O)CC(O)CC(=O)O)c(C)c1. The smallest absolute Gasteiger partial charge is 0.481 e. The van der Waals surface area contributed by atoms with Gasteiger partial charge < -0.3 is 10.2 Å². The summed E-state index contributed by atoms with van der Waals surface area (Å²) in [7, 11) is -2.08. The molecule has 2 rings (SSSR count). The molecule has 1 fully saturated rings. The van der Waals surface area contributed by atoms with E-state index in [9.17, 15) is 14.5 Å². The number of rotatable bonds is 11. The van der Waals surface area contributed by atoms with Crippen molar-refractivity contribution in [2.45, 2.75) is 77.2 Å². The number of aliphatic hydroxyl groups excluding tert-OH is 1. The fraction of sp³-hybridized carbons (Fsp3) is 0.682. The molecule has 1 aliphatic carbocycles. The molecule has 0 heterocycles. The molecule has 1 saturated carbocycles. The highest BCUT2D eigenvalue weighted by atomic mass is 31.1. The van der Waals surface area contributed by atoms with Crippen molar-refractivity contribution in [2.75, 3.05) is 12.8 Å². The maximum absolute atomic E-state index is 12.2. The van der Waals surface area contributed by atoms with Gasteiger partial charge in [-0.25, -0.2) is 0 Å². The second-order valence-electron chi connectivity index (χ2n) is 8.20. The molecular weight excluding hydrogens is 375 g/mol. The number of aliphatic carboxylic acids is 1. The van der Waals surface area contributed by atoms with E-state index < -0.39 is 26.5 Å². The molecule has 3 atom stereocenters. The van der Waals surface area contributed by atoms with Crippen molar-refractivity contribution >= 4 is 14.0 Å². The van der Waals surface area contributed by atoms with Gasteiger partial charge in [0.1, 0.15) is 12.7 Å². The average Bonchev–Trinajstić information content (AvgIpc) is 2.62. The molecule has 0 saturated heterocycles. The van der Waals surface area contributed by atoms with E-state index in [1.807, 2.05) is 0 Å². The summed E-state index contributed by atoms with van der Waals surface area (Å²) in [6, 6.07) is 6.41. The lowest BCUT2D eigenvalue weighted by Crippen LogP contribution is -2.16. The maximum Gasteiger partial charge on any atom is 0.510 e. The molecule has 0 bridgehead atoms. The second kappa shape index (κ2) is 11.6. The summed E-state index contributed by atoms with van der Waals surface area (Å²) in [5.74, 6) is -0.164. The zero-order chi connectivity index (χ0) is 20.5.